The molecule has 0 fully saturated rings. The highest BCUT2D eigenvalue weighted by molar-refractivity contribution is 6.29. The second-order valence-corrected chi connectivity index (χ2v) is 6.74. The van der Waals surface area contributed by atoms with Gasteiger partial charge in [-0.2, -0.15) is 0 Å². The summed E-state index contributed by atoms with van der Waals surface area (Å²) in [7, 11) is 0. The van der Waals surface area contributed by atoms with E-state index in [-0.39, 0.29) is 25.2 Å². The number of nitrogens with one attached hydrogen (secondary N) is 1. The van der Waals surface area contributed by atoms with Gasteiger partial charge in [-0.3, -0.25) is 9.36 Å². The van der Waals surface area contributed by atoms with Crippen LogP contribution in [0.25, 0.3) is 5.95 Å². The molecule has 144 valence electrons. The van der Waals surface area contributed by atoms with Crippen LogP contribution in [0.2, 0.25) is 5.15 Å². The van der Waals surface area contributed by atoms with E-state index in [0.29, 0.717) is 29.0 Å². The molecule has 1 atom stereocenters. The van der Waals surface area contributed by atoms with E-state index < -0.39 is 0 Å². The summed E-state index contributed by atoms with van der Waals surface area (Å²) >= 11 is 6.09. The molecular weight excluding hydrogens is 382 g/mol. The van der Waals surface area contributed by atoms with Gasteiger partial charge in [-0.05, 0) is 37.1 Å². The van der Waals surface area contributed by atoms with Crippen molar-refractivity contribution in [1.29, 1.82) is 0 Å². The third kappa shape index (κ3) is 4.07. The Hall–Kier alpha value is -3.13. The number of halogens is 1. The van der Waals surface area contributed by atoms with Gasteiger partial charge in [-0.15, -0.1) is 0 Å². The fourth-order valence-corrected chi connectivity index (χ4v) is 3.09. The predicted molar refractivity (Wildman–Crippen MR) is 102 cm³/mol. The van der Waals surface area contributed by atoms with E-state index in [2.05, 4.69) is 20.3 Å². The number of nitrogens with zero attached hydrogens (tertiary/aromatic N) is 4. The fourth-order valence-electron chi connectivity index (χ4n) is 2.89. The van der Waals surface area contributed by atoms with E-state index in [1.54, 1.807) is 29.4 Å². The van der Waals surface area contributed by atoms with Crippen LogP contribution in [-0.2, 0) is 11.2 Å². The van der Waals surface area contributed by atoms with E-state index >= 15 is 0 Å². The van der Waals surface area contributed by atoms with Crippen LogP contribution in [0.4, 0.5) is 0 Å². The zero-order valence-electron chi connectivity index (χ0n) is 15.1. The normalized spacial score (nSPS) is 13.4. The van der Waals surface area contributed by atoms with Crippen molar-refractivity contribution >= 4 is 17.5 Å². The Morgan fingerprint density at radius 2 is 2.14 bits per heavy atom. The summed E-state index contributed by atoms with van der Waals surface area (Å²) in [5, 5.41) is 3.31. The molecule has 0 bridgehead atoms. The molecule has 28 heavy (non-hydrogen) atoms. The van der Waals surface area contributed by atoms with E-state index in [4.69, 9.17) is 21.1 Å². The largest absolute Gasteiger partial charge is 0.454 e. The molecule has 9 heteroatoms. The van der Waals surface area contributed by atoms with Gasteiger partial charge in [0.15, 0.2) is 11.5 Å². The smallest absolute Gasteiger partial charge is 0.236 e. The lowest BCUT2D eigenvalue weighted by molar-refractivity contribution is -0.121. The molecule has 1 unspecified atom stereocenters. The average molecular weight is 400 g/mol. The number of carbonyl (C=O) groups is 1. The maximum atomic E-state index is 12.4. The van der Waals surface area contributed by atoms with Crippen molar-refractivity contribution in [3.63, 3.8) is 0 Å². The Labute approximate surface area is 166 Å². The van der Waals surface area contributed by atoms with E-state index in [1.165, 1.54) is 0 Å². The Kier molecular flexibility index (Phi) is 5.12. The molecule has 4 rings (SSSR count). The number of amides is 1. The maximum absolute atomic E-state index is 12.4. The minimum atomic E-state index is -0.155. The number of hydrogen-bond acceptors (Lipinski definition) is 6. The van der Waals surface area contributed by atoms with Crippen LogP contribution in [0.3, 0.4) is 0 Å². The van der Waals surface area contributed by atoms with E-state index in [0.717, 1.165) is 11.3 Å². The number of carbonyl (C=O) groups excluding carboxylic acids is 1. The quantitative estimate of drug-likeness (QED) is 0.641. The standard InChI is InChI=1S/C19H18ClN5O3/c1-12(13-2-4-15-16(8-13)28-11-27-15)22-18(26)5-3-14-9-17(20)24-19(23-14)25-7-6-21-10-25/h2,4,6-10,12H,3,5,11H2,1H3,(H,22,26). The first-order valence-corrected chi connectivity index (χ1v) is 9.17. The molecule has 8 nitrogen and oxygen atoms in total. The summed E-state index contributed by atoms with van der Waals surface area (Å²) in [5.74, 6) is 1.76. The van der Waals surface area contributed by atoms with Crippen molar-refractivity contribution in [2.24, 2.45) is 0 Å². The Morgan fingerprint density at radius 3 is 2.96 bits per heavy atom. The molecule has 0 aliphatic carbocycles. The highest BCUT2D eigenvalue weighted by atomic mass is 35.5. The lowest BCUT2D eigenvalue weighted by Crippen LogP contribution is -2.26. The number of imidazole rings is 1. The molecule has 1 aliphatic heterocycles. The molecule has 0 saturated heterocycles. The van der Waals surface area contributed by atoms with Gasteiger partial charge in [-0.1, -0.05) is 17.7 Å². The van der Waals surface area contributed by atoms with Crippen LogP contribution >= 0.6 is 11.6 Å². The molecule has 0 radical (unpaired) electrons. The number of benzene rings is 1. The molecule has 0 spiro atoms. The van der Waals surface area contributed by atoms with Gasteiger partial charge in [0, 0.05) is 24.5 Å². The van der Waals surface area contributed by atoms with Crippen molar-refractivity contribution in [2.45, 2.75) is 25.8 Å². The number of aromatic nitrogens is 4. The topological polar surface area (TPSA) is 91.2 Å². The molecule has 1 aromatic carbocycles. The fraction of sp³-hybridized carbons (Fsp3) is 0.263. The summed E-state index contributed by atoms with van der Waals surface area (Å²) in [4.78, 5) is 25.0. The SMILES string of the molecule is CC(NC(=O)CCc1cc(Cl)nc(-n2ccnc2)n1)c1ccc2c(c1)OCO2. The lowest BCUT2D eigenvalue weighted by atomic mass is 10.1. The van der Waals surface area contributed by atoms with Crippen molar-refractivity contribution in [3.05, 3.63) is 59.4 Å². The van der Waals surface area contributed by atoms with Crippen molar-refractivity contribution in [2.75, 3.05) is 6.79 Å². The van der Waals surface area contributed by atoms with Crippen LogP contribution < -0.4 is 14.8 Å². The zero-order valence-corrected chi connectivity index (χ0v) is 15.9. The van der Waals surface area contributed by atoms with Gasteiger partial charge in [-0.25, -0.2) is 15.0 Å². The summed E-state index contributed by atoms with van der Waals surface area (Å²) in [6, 6.07) is 7.16. The third-order valence-corrected chi connectivity index (χ3v) is 4.55. The lowest BCUT2D eigenvalue weighted by Gasteiger charge is -2.15. The van der Waals surface area contributed by atoms with Crippen molar-refractivity contribution in [3.8, 4) is 17.4 Å². The van der Waals surface area contributed by atoms with Crippen molar-refractivity contribution in [1.82, 2.24) is 24.8 Å². The molecule has 1 N–H and O–H groups in total. The summed E-state index contributed by atoms with van der Waals surface area (Å²) in [6.45, 7) is 2.15. The van der Waals surface area contributed by atoms with Crippen LogP contribution in [0.1, 0.15) is 30.6 Å². The van der Waals surface area contributed by atoms with Crippen LogP contribution in [0.15, 0.2) is 43.0 Å². The predicted octanol–water partition coefficient (Wildman–Crippen LogP) is 2.85. The average Bonchev–Trinajstić information content (AvgIpc) is 3.37. The maximum Gasteiger partial charge on any atom is 0.236 e. The second kappa shape index (κ2) is 7.85. The van der Waals surface area contributed by atoms with Gasteiger partial charge in [0.2, 0.25) is 18.6 Å². The molecular formula is C19H18ClN5O3. The van der Waals surface area contributed by atoms with Crippen molar-refractivity contribution < 1.29 is 14.3 Å². The molecule has 0 saturated carbocycles. The Bertz CT molecular complexity index is 993. The molecule has 3 aromatic rings. The Morgan fingerprint density at radius 1 is 1.29 bits per heavy atom. The van der Waals surface area contributed by atoms with Crippen LogP contribution in [-0.4, -0.2) is 32.2 Å². The summed E-state index contributed by atoms with van der Waals surface area (Å²) < 4.78 is 12.4. The van der Waals surface area contributed by atoms with Gasteiger partial charge in [0.05, 0.1) is 6.04 Å². The Balaban J connectivity index is 1.37. The number of aryl methyl sites for hydroxylation is 1. The first-order valence-electron chi connectivity index (χ1n) is 8.79. The number of rotatable bonds is 6. The number of fused-ring (bicyclic) bond motifs is 1. The second-order valence-electron chi connectivity index (χ2n) is 6.35. The van der Waals surface area contributed by atoms with Gasteiger partial charge in [0.25, 0.3) is 0 Å². The summed E-state index contributed by atoms with van der Waals surface area (Å²) in [6.07, 6.45) is 5.69. The van der Waals surface area contributed by atoms with Crippen LogP contribution in [0.5, 0.6) is 11.5 Å². The first-order chi connectivity index (χ1) is 13.6. The van der Waals surface area contributed by atoms with Gasteiger partial charge >= 0.3 is 0 Å². The van der Waals surface area contributed by atoms with Gasteiger partial charge < -0.3 is 14.8 Å². The van der Waals surface area contributed by atoms with E-state index in [1.807, 2.05) is 25.1 Å². The molecule has 2 aromatic heterocycles. The number of ether oxygens (including phenoxy) is 2. The van der Waals surface area contributed by atoms with Gasteiger partial charge in [0.1, 0.15) is 11.5 Å². The minimum Gasteiger partial charge on any atom is -0.454 e. The first kappa shape index (κ1) is 18.2. The summed E-state index contributed by atoms with van der Waals surface area (Å²) in [5.41, 5.74) is 1.64. The van der Waals surface area contributed by atoms with Crippen LogP contribution in [0, 0.1) is 0 Å². The molecule has 1 aliphatic rings. The zero-order chi connectivity index (χ0) is 19.5. The third-order valence-electron chi connectivity index (χ3n) is 4.35. The minimum absolute atomic E-state index is 0.0796. The van der Waals surface area contributed by atoms with E-state index in [9.17, 15) is 4.79 Å². The molecule has 3 heterocycles. The molecule has 1 amide bonds. The highest BCUT2D eigenvalue weighted by Gasteiger charge is 2.17. The highest BCUT2D eigenvalue weighted by Crippen LogP contribution is 2.34. The monoisotopic (exact) mass is 399 g/mol. The number of hydrogen-bond donors (Lipinski definition) is 1.